The molecule has 1 amide bonds. The number of carbonyl (C=O) groups is 1. The van der Waals surface area contributed by atoms with Gasteiger partial charge in [-0.05, 0) is 57.4 Å². The van der Waals surface area contributed by atoms with Crippen molar-refractivity contribution in [3.8, 4) is 0 Å². The maximum Gasteiger partial charge on any atom is 0.494 e. The average molecular weight is 359 g/mol. The standard InChI is InChI=1S/C18H20BClN2O3/c1-17(2)18(3,4)25-19(24-17)13-7-5-12(6-8-13)16(23)22-15-10-9-14(20)11-21-15/h5-11H,1-4H3,(H,21,22,23). The summed E-state index contributed by atoms with van der Waals surface area (Å²) < 4.78 is 12.0. The van der Waals surface area contributed by atoms with Gasteiger partial charge < -0.3 is 14.6 Å². The largest absolute Gasteiger partial charge is 0.494 e. The number of benzene rings is 1. The molecule has 3 rings (SSSR count). The van der Waals surface area contributed by atoms with Gasteiger partial charge in [0.25, 0.3) is 5.91 Å². The lowest BCUT2D eigenvalue weighted by Gasteiger charge is -2.32. The maximum atomic E-state index is 12.3. The molecule has 1 fully saturated rings. The number of hydrogen-bond donors (Lipinski definition) is 1. The van der Waals surface area contributed by atoms with Crippen molar-refractivity contribution in [2.75, 3.05) is 5.32 Å². The van der Waals surface area contributed by atoms with Gasteiger partial charge in [0, 0.05) is 11.8 Å². The number of amides is 1. The highest BCUT2D eigenvalue weighted by Gasteiger charge is 2.51. The second-order valence-corrected chi connectivity index (χ2v) is 7.46. The van der Waals surface area contributed by atoms with E-state index >= 15 is 0 Å². The molecular formula is C18H20BClN2O3. The zero-order valence-electron chi connectivity index (χ0n) is 14.7. The molecule has 25 heavy (non-hydrogen) atoms. The van der Waals surface area contributed by atoms with Crippen LogP contribution < -0.4 is 10.8 Å². The van der Waals surface area contributed by atoms with Crippen molar-refractivity contribution in [1.29, 1.82) is 0 Å². The minimum Gasteiger partial charge on any atom is -0.399 e. The van der Waals surface area contributed by atoms with Gasteiger partial charge in [-0.2, -0.15) is 0 Å². The topological polar surface area (TPSA) is 60.5 Å². The van der Waals surface area contributed by atoms with E-state index in [0.717, 1.165) is 5.46 Å². The fourth-order valence-corrected chi connectivity index (χ4v) is 2.52. The molecule has 7 heteroatoms. The maximum absolute atomic E-state index is 12.3. The van der Waals surface area contributed by atoms with E-state index < -0.39 is 18.3 Å². The summed E-state index contributed by atoms with van der Waals surface area (Å²) in [4.78, 5) is 16.3. The molecule has 1 aromatic carbocycles. The van der Waals surface area contributed by atoms with Crippen molar-refractivity contribution in [3.05, 3.63) is 53.2 Å². The summed E-state index contributed by atoms with van der Waals surface area (Å²) in [6, 6.07) is 10.5. The summed E-state index contributed by atoms with van der Waals surface area (Å²) in [6.07, 6.45) is 1.48. The third-order valence-corrected chi connectivity index (χ3v) is 4.89. The molecule has 0 bridgehead atoms. The molecule has 130 valence electrons. The first-order valence-electron chi connectivity index (χ1n) is 8.06. The lowest BCUT2D eigenvalue weighted by molar-refractivity contribution is 0.00578. The predicted molar refractivity (Wildman–Crippen MR) is 99.4 cm³/mol. The number of pyridine rings is 1. The van der Waals surface area contributed by atoms with Gasteiger partial charge >= 0.3 is 7.12 Å². The Morgan fingerprint density at radius 2 is 1.64 bits per heavy atom. The van der Waals surface area contributed by atoms with Crippen LogP contribution in [-0.4, -0.2) is 29.2 Å². The van der Waals surface area contributed by atoms with E-state index in [2.05, 4.69) is 10.3 Å². The van der Waals surface area contributed by atoms with Gasteiger partial charge in [0.15, 0.2) is 0 Å². The number of rotatable bonds is 3. The van der Waals surface area contributed by atoms with Crippen molar-refractivity contribution < 1.29 is 14.1 Å². The van der Waals surface area contributed by atoms with E-state index in [1.807, 2.05) is 39.8 Å². The Hall–Kier alpha value is -1.89. The van der Waals surface area contributed by atoms with Crippen LogP contribution in [0.2, 0.25) is 5.02 Å². The molecular weight excluding hydrogens is 338 g/mol. The minimum absolute atomic E-state index is 0.240. The highest BCUT2D eigenvalue weighted by atomic mass is 35.5. The van der Waals surface area contributed by atoms with E-state index in [-0.39, 0.29) is 5.91 Å². The summed E-state index contributed by atoms with van der Waals surface area (Å²) in [5.74, 6) is 0.208. The Morgan fingerprint density at radius 1 is 1.04 bits per heavy atom. The average Bonchev–Trinajstić information content (AvgIpc) is 2.78. The lowest BCUT2D eigenvalue weighted by Crippen LogP contribution is -2.41. The lowest BCUT2D eigenvalue weighted by atomic mass is 9.79. The molecule has 2 heterocycles. The molecule has 0 aliphatic carbocycles. The van der Waals surface area contributed by atoms with Gasteiger partial charge in [-0.15, -0.1) is 0 Å². The quantitative estimate of drug-likeness (QED) is 0.855. The van der Waals surface area contributed by atoms with Crippen molar-refractivity contribution in [3.63, 3.8) is 0 Å². The molecule has 0 saturated carbocycles. The van der Waals surface area contributed by atoms with E-state index in [1.54, 1.807) is 24.3 Å². The first-order chi connectivity index (χ1) is 11.7. The van der Waals surface area contributed by atoms with Crippen LogP contribution in [0.4, 0.5) is 5.82 Å². The molecule has 1 aromatic heterocycles. The van der Waals surface area contributed by atoms with Crippen LogP contribution in [0.25, 0.3) is 0 Å². The van der Waals surface area contributed by atoms with Crippen LogP contribution in [-0.2, 0) is 9.31 Å². The number of hydrogen-bond acceptors (Lipinski definition) is 4. The van der Waals surface area contributed by atoms with Crippen LogP contribution >= 0.6 is 11.6 Å². The molecule has 0 radical (unpaired) electrons. The molecule has 0 atom stereocenters. The monoisotopic (exact) mass is 358 g/mol. The molecule has 1 aliphatic heterocycles. The van der Waals surface area contributed by atoms with E-state index in [1.165, 1.54) is 6.20 Å². The summed E-state index contributed by atoms with van der Waals surface area (Å²) in [6.45, 7) is 8.03. The Balaban J connectivity index is 1.70. The summed E-state index contributed by atoms with van der Waals surface area (Å²) in [7, 11) is -0.444. The molecule has 0 unspecified atom stereocenters. The molecule has 1 aliphatic rings. The van der Waals surface area contributed by atoms with Gasteiger partial charge in [-0.1, -0.05) is 23.7 Å². The van der Waals surface area contributed by atoms with Crippen molar-refractivity contribution in [2.24, 2.45) is 0 Å². The number of nitrogens with zero attached hydrogens (tertiary/aromatic N) is 1. The Bertz CT molecular complexity index is 760. The molecule has 1 N–H and O–H groups in total. The molecule has 0 spiro atoms. The molecule has 1 saturated heterocycles. The number of halogens is 1. The smallest absolute Gasteiger partial charge is 0.399 e. The zero-order valence-corrected chi connectivity index (χ0v) is 15.4. The highest BCUT2D eigenvalue weighted by Crippen LogP contribution is 2.36. The number of nitrogens with one attached hydrogen (secondary N) is 1. The molecule has 2 aromatic rings. The Labute approximate surface area is 152 Å². The first kappa shape index (κ1) is 17.9. The normalized spacial score (nSPS) is 18.2. The van der Waals surface area contributed by atoms with Gasteiger partial charge in [-0.3, -0.25) is 4.79 Å². The van der Waals surface area contributed by atoms with Crippen LogP contribution in [0.3, 0.4) is 0 Å². The van der Waals surface area contributed by atoms with Crippen molar-refractivity contribution >= 4 is 35.9 Å². The van der Waals surface area contributed by atoms with E-state index in [4.69, 9.17) is 20.9 Å². The van der Waals surface area contributed by atoms with Crippen LogP contribution in [0.5, 0.6) is 0 Å². The summed E-state index contributed by atoms with van der Waals surface area (Å²) in [5, 5.41) is 3.25. The van der Waals surface area contributed by atoms with Crippen LogP contribution in [0, 0.1) is 0 Å². The number of aromatic nitrogens is 1. The Kier molecular flexibility index (Phi) is 4.62. The third-order valence-electron chi connectivity index (χ3n) is 4.67. The van der Waals surface area contributed by atoms with Gasteiger partial charge in [-0.25, -0.2) is 4.98 Å². The van der Waals surface area contributed by atoms with Gasteiger partial charge in [0.05, 0.1) is 16.2 Å². The number of anilines is 1. The second-order valence-electron chi connectivity index (χ2n) is 7.03. The predicted octanol–water partition coefficient (Wildman–Crippen LogP) is 3.29. The fraction of sp³-hybridized carbons (Fsp3) is 0.333. The molecule has 5 nitrogen and oxygen atoms in total. The van der Waals surface area contributed by atoms with Crippen molar-refractivity contribution in [2.45, 2.75) is 38.9 Å². The summed E-state index contributed by atoms with van der Waals surface area (Å²) in [5.41, 5.74) is 0.610. The van der Waals surface area contributed by atoms with E-state index in [9.17, 15) is 4.79 Å². The zero-order chi connectivity index (χ0) is 18.2. The highest BCUT2D eigenvalue weighted by molar-refractivity contribution is 6.62. The summed E-state index contributed by atoms with van der Waals surface area (Å²) >= 11 is 5.79. The first-order valence-corrected chi connectivity index (χ1v) is 8.44. The fourth-order valence-electron chi connectivity index (χ4n) is 2.41. The third kappa shape index (κ3) is 3.71. The SMILES string of the molecule is CC1(C)OB(c2ccc(C(=O)Nc3ccc(Cl)cn3)cc2)OC1(C)C. The Morgan fingerprint density at radius 3 is 2.16 bits per heavy atom. The van der Waals surface area contributed by atoms with E-state index in [0.29, 0.717) is 16.4 Å². The van der Waals surface area contributed by atoms with Crippen LogP contribution in [0.15, 0.2) is 42.6 Å². The van der Waals surface area contributed by atoms with Crippen molar-refractivity contribution in [1.82, 2.24) is 4.98 Å². The second kappa shape index (κ2) is 6.44. The van der Waals surface area contributed by atoms with Gasteiger partial charge in [0.1, 0.15) is 5.82 Å². The minimum atomic E-state index is -0.444. The van der Waals surface area contributed by atoms with Gasteiger partial charge in [0.2, 0.25) is 0 Å². The number of carbonyl (C=O) groups excluding carboxylic acids is 1. The van der Waals surface area contributed by atoms with Crippen LogP contribution in [0.1, 0.15) is 38.1 Å².